The van der Waals surface area contributed by atoms with Crippen molar-refractivity contribution in [2.24, 2.45) is 11.1 Å². The summed E-state index contributed by atoms with van der Waals surface area (Å²) in [4.78, 5) is 2.45. The first-order valence-corrected chi connectivity index (χ1v) is 6.96. The Morgan fingerprint density at radius 3 is 2.22 bits per heavy atom. The van der Waals surface area contributed by atoms with Crippen LogP contribution >= 0.6 is 0 Å². The summed E-state index contributed by atoms with van der Waals surface area (Å²) >= 11 is 0. The molecule has 102 valence electrons. The van der Waals surface area contributed by atoms with Crippen molar-refractivity contribution in [3.05, 3.63) is 35.7 Å². The Bertz CT molecular complexity index is 337. The van der Waals surface area contributed by atoms with Crippen LogP contribution in [0.2, 0.25) is 0 Å². The SMILES string of the molecule is C\C=C(/C=C\C(=C/N)CC(C)(C)C)N1CCCC1. The molecule has 1 rings (SSSR count). The molecule has 1 fully saturated rings. The lowest BCUT2D eigenvalue weighted by Gasteiger charge is -2.20. The molecule has 0 aromatic carbocycles. The molecule has 0 unspecified atom stereocenters. The maximum atomic E-state index is 5.71. The minimum absolute atomic E-state index is 0.277. The molecule has 0 aliphatic carbocycles. The van der Waals surface area contributed by atoms with Gasteiger partial charge in [-0.1, -0.05) is 32.9 Å². The molecule has 1 heterocycles. The lowest BCUT2D eigenvalue weighted by molar-refractivity contribution is 0.412. The summed E-state index contributed by atoms with van der Waals surface area (Å²) in [5, 5.41) is 0. The molecule has 0 amide bonds. The molecule has 1 aliphatic rings. The minimum Gasteiger partial charge on any atom is -0.404 e. The smallest absolute Gasteiger partial charge is 0.0322 e. The minimum atomic E-state index is 0.277. The van der Waals surface area contributed by atoms with Crippen LogP contribution in [-0.2, 0) is 0 Å². The summed E-state index contributed by atoms with van der Waals surface area (Å²) in [7, 11) is 0. The van der Waals surface area contributed by atoms with Crippen molar-refractivity contribution in [1.82, 2.24) is 4.90 Å². The summed E-state index contributed by atoms with van der Waals surface area (Å²) in [5.74, 6) is 0. The van der Waals surface area contributed by atoms with Gasteiger partial charge in [0.05, 0.1) is 0 Å². The number of allylic oxidation sites excluding steroid dienone is 4. The fraction of sp³-hybridized carbons (Fsp3) is 0.625. The van der Waals surface area contributed by atoms with Crippen LogP contribution in [0, 0.1) is 5.41 Å². The predicted octanol–water partition coefficient (Wildman–Crippen LogP) is 3.82. The Kier molecular flexibility index (Phi) is 5.52. The van der Waals surface area contributed by atoms with Crippen molar-refractivity contribution in [2.45, 2.75) is 47.0 Å². The van der Waals surface area contributed by atoms with Gasteiger partial charge in [-0.15, -0.1) is 0 Å². The van der Waals surface area contributed by atoms with Gasteiger partial charge < -0.3 is 10.6 Å². The maximum Gasteiger partial charge on any atom is 0.0322 e. The lowest BCUT2D eigenvalue weighted by Crippen LogP contribution is -2.17. The van der Waals surface area contributed by atoms with Gasteiger partial charge in [0.1, 0.15) is 0 Å². The fourth-order valence-corrected chi connectivity index (χ4v) is 2.34. The van der Waals surface area contributed by atoms with Crippen LogP contribution in [0.15, 0.2) is 35.7 Å². The molecule has 2 nitrogen and oxygen atoms in total. The first kappa shape index (κ1) is 14.9. The summed E-state index contributed by atoms with van der Waals surface area (Å²) in [6.07, 6.45) is 11.9. The van der Waals surface area contributed by atoms with Crippen LogP contribution in [0.4, 0.5) is 0 Å². The van der Waals surface area contributed by atoms with Crippen molar-refractivity contribution >= 4 is 0 Å². The largest absolute Gasteiger partial charge is 0.404 e. The summed E-state index contributed by atoms with van der Waals surface area (Å²) in [6.45, 7) is 11.2. The Balaban J connectivity index is 2.65. The summed E-state index contributed by atoms with van der Waals surface area (Å²) in [5.41, 5.74) is 8.52. The lowest BCUT2D eigenvalue weighted by atomic mass is 9.88. The zero-order chi connectivity index (χ0) is 13.6. The Labute approximate surface area is 112 Å². The van der Waals surface area contributed by atoms with E-state index in [0.717, 1.165) is 6.42 Å². The molecule has 0 aromatic rings. The molecule has 0 atom stereocenters. The number of hydrogen-bond donors (Lipinski definition) is 1. The highest BCUT2D eigenvalue weighted by Crippen LogP contribution is 2.25. The standard InChI is InChI=1S/C16H28N2/c1-5-15(18-10-6-7-11-18)9-8-14(13-17)12-16(2,3)4/h5,8-9,13H,6-7,10-12,17H2,1-4H3/b9-8-,14-13+,15-5+. The Morgan fingerprint density at radius 1 is 1.17 bits per heavy atom. The second-order valence-electron chi connectivity index (χ2n) is 6.22. The predicted molar refractivity (Wildman–Crippen MR) is 80.0 cm³/mol. The van der Waals surface area contributed by atoms with E-state index in [1.165, 1.54) is 37.2 Å². The molecule has 18 heavy (non-hydrogen) atoms. The Hall–Kier alpha value is -1.18. The van der Waals surface area contributed by atoms with Gasteiger partial charge in [0.25, 0.3) is 0 Å². The average Bonchev–Trinajstić information content (AvgIpc) is 2.80. The van der Waals surface area contributed by atoms with E-state index in [-0.39, 0.29) is 5.41 Å². The van der Waals surface area contributed by atoms with Gasteiger partial charge in [0.15, 0.2) is 0 Å². The average molecular weight is 248 g/mol. The zero-order valence-corrected chi connectivity index (χ0v) is 12.4. The first-order chi connectivity index (χ1) is 8.46. The molecule has 1 aliphatic heterocycles. The molecular formula is C16H28N2. The van der Waals surface area contributed by atoms with Crippen LogP contribution in [0.25, 0.3) is 0 Å². The third-order valence-electron chi connectivity index (χ3n) is 3.18. The topological polar surface area (TPSA) is 29.3 Å². The van der Waals surface area contributed by atoms with Gasteiger partial charge in [0.2, 0.25) is 0 Å². The molecule has 1 saturated heterocycles. The monoisotopic (exact) mass is 248 g/mol. The molecule has 0 bridgehead atoms. The first-order valence-electron chi connectivity index (χ1n) is 6.96. The molecule has 0 spiro atoms. The van der Waals surface area contributed by atoms with Crippen LogP contribution in [0.5, 0.6) is 0 Å². The van der Waals surface area contributed by atoms with Crippen LogP contribution < -0.4 is 5.73 Å². The Morgan fingerprint density at radius 2 is 1.78 bits per heavy atom. The second-order valence-corrected chi connectivity index (χ2v) is 6.22. The third kappa shape index (κ3) is 4.99. The van der Waals surface area contributed by atoms with Crippen molar-refractivity contribution in [2.75, 3.05) is 13.1 Å². The molecule has 0 saturated carbocycles. The van der Waals surface area contributed by atoms with E-state index in [1.54, 1.807) is 6.20 Å². The summed E-state index contributed by atoms with van der Waals surface area (Å²) < 4.78 is 0. The van der Waals surface area contributed by atoms with E-state index >= 15 is 0 Å². The maximum absolute atomic E-state index is 5.71. The highest BCUT2D eigenvalue weighted by molar-refractivity contribution is 5.27. The van der Waals surface area contributed by atoms with Crippen LogP contribution in [0.1, 0.15) is 47.0 Å². The number of hydrogen-bond acceptors (Lipinski definition) is 2. The quantitative estimate of drug-likeness (QED) is 0.766. The van der Waals surface area contributed by atoms with E-state index < -0.39 is 0 Å². The molecular weight excluding hydrogens is 220 g/mol. The normalized spacial score (nSPS) is 19.0. The van der Waals surface area contributed by atoms with Crippen molar-refractivity contribution in [3.8, 4) is 0 Å². The second kappa shape index (κ2) is 6.67. The third-order valence-corrected chi connectivity index (χ3v) is 3.18. The van der Waals surface area contributed by atoms with Crippen molar-refractivity contribution in [1.29, 1.82) is 0 Å². The van der Waals surface area contributed by atoms with Crippen molar-refractivity contribution < 1.29 is 0 Å². The van der Waals surface area contributed by atoms with Crippen molar-refractivity contribution in [3.63, 3.8) is 0 Å². The van der Waals surface area contributed by atoms with Crippen LogP contribution in [0.3, 0.4) is 0 Å². The molecule has 0 radical (unpaired) electrons. The van der Waals surface area contributed by atoms with Gasteiger partial charge >= 0.3 is 0 Å². The number of rotatable bonds is 4. The van der Waals surface area contributed by atoms with Gasteiger partial charge in [0, 0.05) is 18.8 Å². The van der Waals surface area contributed by atoms with E-state index in [2.05, 4.69) is 50.8 Å². The van der Waals surface area contributed by atoms with Gasteiger partial charge in [-0.05, 0) is 49.5 Å². The molecule has 0 aromatic heterocycles. The van der Waals surface area contributed by atoms with Crippen LogP contribution in [-0.4, -0.2) is 18.0 Å². The molecule has 2 N–H and O–H groups in total. The van der Waals surface area contributed by atoms with Gasteiger partial charge in [-0.2, -0.15) is 0 Å². The number of likely N-dealkylation sites (tertiary alicyclic amines) is 1. The molecule has 2 heteroatoms. The fourth-order valence-electron chi connectivity index (χ4n) is 2.34. The number of nitrogens with zero attached hydrogens (tertiary/aromatic N) is 1. The number of nitrogens with two attached hydrogens (primary N) is 1. The summed E-state index contributed by atoms with van der Waals surface area (Å²) in [6, 6.07) is 0. The van der Waals surface area contributed by atoms with Gasteiger partial charge in [-0.25, -0.2) is 0 Å². The van der Waals surface area contributed by atoms with Gasteiger partial charge in [-0.3, -0.25) is 0 Å². The highest BCUT2D eigenvalue weighted by atomic mass is 15.1. The van der Waals surface area contributed by atoms with E-state index in [1.807, 2.05) is 0 Å². The van der Waals surface area contributed by atoms with E-state index in [0.29, 0.717) is 0 Å². The zero-order valence-electron chi connectivity index (χ0n) is 12.4. The highest BCUT2D eigenvalue weighted by Gasteiger charge is 2.13. The van der Waals surface area contributed by atoms with E-state index in [9.17, 15) is 0 Å². The van der Waals surface area contributed by atoms with E-state index in [4.69, 9.17) is 5.73 Å².